The van der Waals surface area contributed by atoms with Gasteiger partial charge in [0.1, 0.15) is 22.3 Å². The maximum Gasteiger partial charge on any atom is 0.143 e. The highest BCUT2D eigenvalue weighted by Crippen LogP contribution is 2.46. The molecule has 0 radical (unpaired) electrons. The second kappa shape index (κ2) is 10.4. The molecule has 2 heteroatoms. The van der Waals surface area contributed by atoms with Crippen molar-refractivity contribution in [1.29, 1.82) is 0 Å². The molecule has 0 unspecified atom stereocenters. The zero-order valence-corrected chi connectivity index (χ0v) is 27.0. The van der Waals surface area contributed by atoms with Gasteiger partial charge >= 0.3 is 0 Å². The minimum atomic E-state index is 0.867. The first-order valence-electron chi connectivity index (χ1n) is 17.1. The Morgan fingerprint density at radius 2 is 0.760 bits per heavy atom. The first-order chi connectivity index (χ1) is 24.8. The fourth-order valence-corrected chi connectivity index (χ4v) is 8.25. The van der Waals surface area contributed by atoms with E-state index < -0.39 is 0 Å². The number of hydrogen-bond donors (Lipinski definition) is 0. The van der Waals surface area contributed by atoms with Crippen LogP contribution in [-0.4, -0.2) is 0 Å². The summed E-state index contributed by atoms with van der Waals surface area (Å²) in [4.78, 5) is 0. The van der Waals surface area contributed by atoms with Crippen molar-refractivity contribution in [2.45, 2.75) is 0 Å². The lowest BCUT2D eigenvalue weighted by molar-refractivity contribution is 0.665. The van der Waals surface area contributed by atoms with E-state index in [-0.39, 0.29) is 0 Å². The van der Waals surface area contributed by atoms with Crippen molar-refractivity contribution in [3.8, 4) is 33.4 Å². The molecule has 11 rings (SSSR count). The van der Waals surface area contributed by atoms with Crippen LogP contribution >= 0.6 is 0 Å². The molecule has 0 aliphatic rings. The van der Waals surface area contributed by atoms with Gasteiger partial charge in [-0.1, -0.05) is 140 Å². The van der Waals surface area contributed by atoms with E-state index in [0.717, 1.165) is 49.3 Å². The average Bonchev–Trinajstić information content (AvgIpc) is 3.73. The Balaban J connectivity index is 1.18. The van der Waals surface area contributed by atoms with Crippen LogP contribution in [0.2, 0.25) is 0 Å². The number of hydrogen-bond acceptors (Lipinski definition) is 2. The van der Waals surface area contributed by atoms with E-state index in [2.05, 4.69) is 158 Å². The van der Waals surface area contributed by atoms with Crippen LogP contribution in [0.1, 0.15) is 0 Å². The lowest BCUT2D eigenvalue weighted by atomic mass is 9.85. The topological polar surface area (TPSA) is 26.3 Å². The summed E-state index contributed by atoms with van der Waals surface area (Å²) in [5.74, 6) is 0. The van der Waals surface area contributed by atoms with E-state index in [1.807, 2.05) is 12.1 Å². The van der Waals surface area contributed by atoms with Gasteiger partial charge in [-0.05, 0) is 90.6 Å². The molecule has 0 N–H and O–H groups in total. The predicted molar refractivity (Wildman–Crippen MR) is 210 cm³/mol. The van der Waals surface area contributed by atoms with Gasteiger partial charge in [-0.3, -0.25) is 0 Å². The smallest absolute Gasteiger partial charge is 0.143 e. The van der Waals surface area contributed by atoms with E-state index in [9.17, 15) is 0 Å². The van der Waals surface area contributed by atoms with Crippen LogP contribution in [0.4, 0.5) is 0 Å². The Bertz CT molecular complexity index is 3080. The maximum atomic E-state index is 6.68. The summed E-state index contributed by atoms with van der Waals surface area (Å²) >= 11 is 0. The van der Waals surface area contributed by atoms with Gasteiger partial charge in [0.05, 0.1) is 0 Å². The molecule has 0 bridgehead atoms. The molecule has 0 aliphatic heterocycles. The van der Waals surface area contributed by atoms with Crippen molar-refractivity contribution in [3.63, 3.8) is 0 Å². The summed E-state index contributed by atoms with van der Waals surface area (Å²) in [5, 5.41) is 11.6. The quantitative estimate of drug-likeness (QED) is 0.180. The van der Waals surface area contributed by atoms with Crippen molar-refractivity contribution in [2.75, 3.05) is 0 Å². The fraction of sp³-hybridized carbons (Fsp3) is 0. The van der Waals surface area contributed by atoms with Gasteiger partial charge in [0, 0.05) is 26.9 Å². The molecule has 0 saturated heterocycles. The van der Waals surface area contributed by atoms with Crippen LogP contribution < -0.4 is 0 Å². The molecule has 2 nitrogen and oxygen atoms in total. The highest BCUT2D eigenvalue weighted by atomic mass is 16.3. The molecular formula is C48H28O2. The molecule has 0 atom stereocenters. The molecule has 11 aromatic rings. The highest BCUT2D eigenvalue weighted by molar-refractivity contribution is 6.23. The molecule has 0 aliphatic carbocycles. The van der Waals surface area contributed by atoms with Gasteiger partial charge in [0.15, 0.2) is 0 Å². The van der Waals surface area contributed by atoms with Crippen molar-refractivity contribution in [1.82, 2.24) is 0 Å². The third kappa shape index (κ3) is 3.90. The van der Waals surface area contributed by atoms with Gasteiger partial charge < -0.3 is 8.83 Å². The average molecular weight is 637 g/mol. The second-order valence-corrected chi connectivity index (χ2v) is 13.2. The van der Waals surface area contributed by atoms with Crippen LogP contribution in [0.5, 0.6) is 0 Å². The summed E-state index contributed by atoms with van der Waals surface area (Å²) in [7, 11) is 0. The number of furan rings is 2. The van der Waals surface area contributed by atoms with E-state index in [1.54, 1.807) is 0 Å². The molecule has 2 heterocycles. The van der Waals surface area contributed by atoms with Gasteiger partial charge in [-0.25, -0.2) is 0 Å². The number of para-hydroxylation sites is 1. The van der Waals surface area contributed by atoms with Gasteiger partial charge in [-0.15, -0.1) is 0 Å². The third-order valence-electron chi connectivity index (χ3n) is 10.4. The Hall–Kier alpha value is -6.64. The zero-order chi connectivity index (χ0) is 32.8. The van der Waals surface area contributed by atoms with Crippen molar-refractivity contribution >= 4 is 76.2 Å². The first kappa shape index (κ1) is 27.3. The third-order valence-corrected chi connectivity index (χ3v) is 10.4. The molecule has 232 valence electrons. The SMILES string of the molecule is c1ccc(-c2c3ccccc3c(-c3cccc(-c4cc5c6cc7oc8ccccc8c7cc6oc5c5ccccc45)c3)c3ccccc23)cc1. The summed E-state index contributed by atoms with van der Waals surface area (Å²) < 4.78 is 13.0. The monoisotopic (exact) mass is 636 g/mol. The van der Waals surface area contributed by atoms with Crippen molar-refractivity contribution in [3.05, 3.63) is 170 Å². The Labute approximate surface area is 287 Å². The molecule has 2 aromatic heterocycles. The lowest BCUT2D eigenvalue weighted by Gasteiger charge is -2.18. The highest BCUT2D eigenvalue weighted by Gasteiger charge is 2.20. The predicted octanol–water partition coefficient (Wildman–Crippen LogP) is 13.9. The summed E-state index contributed by atoms with van der Waals surface area (Å²) in [6.07, 6.45) is 0. The normalized spacial score (nSPS) is 12.0. The van der Waals surface area contributed by atoms with E-state index in [1.165, 1.54) is 60.3 Å². The minimum Gasteiger partial charge on any atom is -0.456 e. The molecule has 50 heavy (non-hydrogen) atoms. The number of benzene rings is 9. The summed E-state index contributed by atoms with van der Waals surface area (Å²) in [6.45, 7) is 0. The number of rotatable bonds is 3. The van der Waals surface area contributed by atoms with E-state index in [4.69, 9.17) is 8.83 Å². The summed E-state index contributed by atoms with van der Waals surface area (Å²) in [6, 6.07) is 60.9. The van der Waals surface area contributed by atoms with Crippen LogP contribution in [-0.2, 0) is 0 Å². The second-order valence-electron chi connectivity index (χ2n) is 13.2. The maximum absolute atomic E-state index is 6.68. The Morgan fingerprint density at radius 1 is 0.260 bits per heavy atom. The molecule has 0 amide bonds. The fourth-order valence-electron chi connectivity index (χ4n) is 8.25. The van der Waals surface area contributed by atoms with E-state index in [0.29, 0.717) is 0 Å². The van der Waals surface area contributed by atoms with Crippen LogP contribution in [0, 0.1) is 0 Å². The zero-order valence-electron chi connectivity index (χ0n) is 27.0. The van der Waals surface area contributed by atoms with Crippen molar-refractivity contribution in [2.24, 2.45) is 0 Å². The van der Waals surface area contributed by atoms with Crippen LogP contribution in [0.3, 0.4) is 0 Å². The van der Waals surface area contributed by atoms with Crippen molar-refractivity contribution < 1.29 is 8.83 Å². The van der Waals surface area contributed by atoms with Gasteiger partial charge in [-0.2, -0.15) is 0 Å². The minimum absolute atomic E-state index is 0.867. The largest absolute Gasteiger partial charge is 0.456 e. The van der Waals surface area contributed by atoms with Gasteiger partial charge in [0.2, 0.25) is 0 Å². The Kier molecular flexibility index (Phi) is 5.70. The molecular weight excluding hydrogens is 609 g/mol. The molecule has 0 saturated carbocycles. The van der Waals surface area contributed by atoms with Crippen LogP contribution in [0.25, 0.3) is 110 Å². The Morgan fingerprint density at radius 3 is 1.46 bits per heavy atom. The summed E-state index contributed by atoms with van der Waals surface area (Å²) in [5.41, 5.74) is 10.8. The lowest BCUT2D eigenvalue weighted by Crippen LogP contribution is -1.91. The van der Waals surface area contributed by atoms with E-state index >= 15 is 0 Å². The molecule has 9 aromatic carbocycles. The molecule has 0 fully saturated rings. The standard InChI is InChI=1S/C48H28O2/c1-2-13-29(14-3-1)46-34-19-5-7-21-36(34)47(37-22-8-6-20-35(37)46)31-16-12-15-30(25-31)39-26-42-41-28-44-40(33-18-10-11-24-43(33)49-44)27-45(41)50-48(42)38-23-9-4-17-32(38)39/h1-28H. The first-order valence-corrected chi connectivity index (χ1v) is 17.1. The number of fused-ring (bicyclic) bond motifs is 10. The van der Waals surface area contributed by atoms with Gasteiger partial charge in [0.25, 0.3) is 0 Å². The van der Waals surface area contributed by atoms with Crippen LogP contribution in [0.15, 0.2) is 179 Å². The molecule has 0 spiro atoms.